The lowest BCUT2D eigenvalue weighted by molar-refractivity contribution is 0.425. The average molecular weight is 233 g/mol. The zero-order valence-electron chi connectivity index (χ0n) is 7.96. The Kier molecular flexibility index (Phi) is 3.84. The molecule has 0 aliphatic rings. The number of halogens is 2. The quantitative estimate of drug-likeness (QED) is 0.764. The lowest BCUT2D eigenvalue weighted by Gasteiger charge is -2.14. The molecular weight excluding hydrogens is 222 g/mol. The van der Waals surface area contributed by atoms with Crippen molar-refractivity contribution in [3.8, 4) is 0 Å². The van der Waals surface area contributed by atoms with Gasteiger partial charge in [-0.15, -0.1) is 0 Å². The molecule has 0 aliphatic carbocycles. The highest BCUT2D eigenvalue weighted by atomic mass is 35.5. The fourth-order valence-electron chi connectivity index (χ4n) is 1.43. The van der Waals surface area contributed by atoms with Crippen LogP contribution in [0.1, 0.15) is 25.3 Å². The maximum absolute atomic E-state index is 9.14. The van der Waals surface area contributed by atoms with E-state index in [0.29, 0.717) is 15.5 Å². The lowest BCUT2D eigenvalue weighted by atomic mass is 9.74. The molecule has 76 valence electrons. The van der Waals surface area contributed by atoms with Crippen LogP contribution in [0.4, 0.5) is 0 Å². The first-order valence-corrected chi connectivity index (χ1v) is 5.04. The summed E-state index contributed by atoms with van der Waals surface area (Å²) >= 11 is 11.7. The van der Waals surface area contributed by atoms with Crippen molar-refractivity contribution in [2.24, 2.45) is 0 Å². The summed E-state index contributed by atoms with van der Waals surface area (Å²) in [5.41, 5.74) is 1.10. The lowest BCUT2D eigenvalue weighted by Crippen LogP contribution is -2.33. The largest absolute Gasteiger partial charge is 0.488 e. The van der Waals surface area contributed by atoms with Crippen LogP contribution in [-0.2, 0) is 0 Å². The first kappa shape index (κ1) is 11.9. The molecule has 0 bridgehead atoms. The minimum atomic E-state index is -1.54. The Morgan fingerprint density at radius 3 is 2.21 bits per heavy atom. The minimum Gasteiger partial charge on any atom is -0.423 e. The molecular formula is C9H11BCl2O2. The molecule has 0 saturated heterocycles. The molecule has 0 spiro atoms. The second-order valence-corrected chi connectivity index (χ2v) is 4.26. The van der Waals surface area contributed by atoms with Crippen LogP contribution in [0.15, 0.2) is 12.1 Å². The van der Waals surface area contributed by atoms with E-state index in [1.165, 1.54) is 6.07 Å². The van der Waals surface area contributed by atoms with E-state index in [-0.39, 0.29) is 5.92 Å². The normalized spacial score (nSPS) is 10.8. The van der Waals surface area contributed by atoms with E-state index in [9.17, 15) is 0 Å². The van der Waals surface area contributed by atoms with Crippen LogP contribution in [0.5, 0.6) is 0 Å². The summed E-state index contributed by atoms with van der Waals surface area (Å²) in [5, 5.41) is 19.2. The molecule has 0 aromatic heterocycles. The zero-order chi connectivity index (χ0) is 10.9. The highest BCUT2D eigenvalue weighted by molar-refractivity contribution is 6.60. The Hall–Kier alpha value is -0.215. The fourth-order valence-corrected chi connectivity index (χ4v) is 2.15. The molecule has 5 heteroatoms. The van der Waals surface area contributed by atoms with Gasteiger partial charge in [-0.3, -0.25) is 0 Å². The van der Waals surface area contributed by atoms with Crippen LogP contribution in [0.3, 0.4) is 0 Å². The van der Waals surface area contributed by atoms with E-state index >= 15 is 0 Å². The topological polar surface area (TPSA) is 40.5 Å². The third-order valence-electron chi connectivity index (χ3n) is 1.98. The van der Waals surface area contributed by atoms with E-state index in [0.717, 1.165) is 5.56 Å². The van der Waals surface area contributed by atoms with Crippen LogP contribution in [0.25, 0.3) is 0 Å². The predicted octanol–water partition coefficient (Wildman–Crippen LogP) is 1.80. The molecule has 1 rings (SSSR count). The van der Waals surface area contributed by atoms with Crippen LogP contribution in [0.2, 0.25) is 10.0 Å². The Bertz CT molecular complexity index is 340. The van der Waals surface area contributed by atoms with Crippen LogP contribution in [-0.4, -0.2) is 17.2 Å². The minimum absolute atomic E-state index is 0.122. The average Bonchev–Trinajstić information content (AvgIpc) is 2.01. The van der Waals surface area contributed by atoms with Crippen LogP contribution in [0, 0.1) is 0 Å². The van der Waals surface area contributed by atoms with Gasteiger partial charge in [0.05, 0.1) is 0 Å². The van der Waals surface area contributed by atoms with Crippen LogP contribution < -0.4 is 5.46 Å². The molecule has 14 heavy (non-hydrogen) atoms. The number of rotatable bonds is 2. The van der Waals surface area contributed by atoms with Gasteiger partial charge in [0.1, 0.15) is 0 Å². The van der Waals surface area contributed by atoms with Crippen molar-refractivity contribution in [2.75, 3.05) is 0 Å². The fraction of sp³-hybridized carbons (Fsp3) is 0.333. The summed E-state index contributed by atoms with van der Waals surface area (Å²) in [5.74, 6) is 0.122. The van der Waals surface area contributed by atoms with Crippen molar-refractivity contribution < 1.29 is 10.0 Å². The van der Waals surface area contributed by atoms with E-state index in [1.807, 2.05) is 13.8 Å². The van der Waals surface area contributed by atoms with Gasteiger partial charge in [-0.05, 0) is 29.1 Å². The smallest absolute Gasteiger partial charge is 0.423 e. The van der Waals surface area contributed by atoms with Crippen LogP contribution >= 0.6 is 23.2 Å². The van der Waals surface area contributed by atoms with Gasteiger partial charge in [0.15, 0.2) is 0 Å². The maximum Gasteiger partial charge on any atom is 0.488 e. The van der Waals surface area contributed by atoms with E-state index in [1.54, 1.807) is 6.07 Å². The molecule has 0 aliphatic heterocycles. The first-order chi connectivity index (χ1) is 6.43. The summed E-state index contributed by atoms with van der Waals surface area (Å²) in [6.45, 7) is 3.86. The molecule has 2 N–H and O–H groups in total. The Morgan fingerprint density at radius 2 is 1.79 bits per heavy atom. The second-order valence-electron chi connectivity index (χ2n) is 3.42. The van der Waals surface area contributed by atoms with Crippen molar-refractivity contribution in [2.45, 2.75) is 19.8 Å². The highest BCUT2D eigenvalue weighted by Gasteiger charge is 2.20. The number of hydrogen-bond acceptors (Lipinski definition) is 2. The van der Waals surface area contributed by atoms with Gasteiger partial charge < -0.3 is 10.0 Å². The standard InChI is InChI=1S/C9H11BCl2O2/c1-5(2)9-7(10(13)14)3-6(11)4-8(9)12/h3-5,13-14H,1-2H3. The molecule has 0 atom stereocenters. The Labute approximate surface area is 93.6 Å². The molecule has 1 aromatic carbocycles. The number of hydrogen-bond donors (Lipinski definition) is 2. The van der Waals surface area contributed by atoms with Gasteiger partial charge in [0.25, 0.3) is 0 Å². The molecule has 0 amide bonds. The predicted molar refractivity (Wildman–Crippen MR) is 60.4 cm³/mol. The van der Waals surface area contributed by atoms with Gasteiger partial charge in [0.2, 0.25) is 0 Å². The summed E-state index contributed by atoms with van der Waals surface area (Å²) in [7, 11) is -1.54. The maximum atomic E-state index is 9.14. The summed E-state index contributed by atoms with van der Waals surface area (Å²) in [6.07, 6.45) is 0. The second kappa shape index (κ2) is 4.54. The van der Waals surface area contributed by atoms with Gasteiger partial charge in [0, 0.05) is 10.0 Å². The van der Waals surface area contributed by atoms with Gasteiger partial charge in [-0.25, -0.2) is 0 Å². The highest BCUT2D eigenvalue weighted by Crippen LogP contribution is 2.25. The van der Waals surface area contributed by atoms with E-state index < -0.39 is 7.12 Å². The van der Waals surface area contributed by atoms with Gasteiger partial charge >= 0.3 is 7.12 Å². The monoisotopic (exact) mass is 232 g/mol. The Balaban J connectivity index is 3.37. The third-order valence-corrected chi connectivity index (χ3v) is 2.51. The molecule has 0 unspecified atom stereocenters. The van der Waals surface area contributed by atoms with Gasteiger partial charge in [-0.1, -0.05) is 37.0 Å². The number of benzene rings is 1. The molecule has 0 fully saturated rings. The molecule has 0 heterocycles. The molecule has 2 nitrogen and oxygen atoms in total. The third kappa shape index (κ3) is 2.42. The van der Waals surface area contributed by atoms with Gasteiger partial charge in [-0.2, -0.15) is 0 Å². The summed E-state index contributed by atoms with van der Waals surface area (Å²) < 4.78 is 0. The van der Waals surface area contributed by atoms with E-state index in [4.69, 9.17) is 33.2 Å². The van der Waals surface area contributed by atoms with E-state index in [2.05, 4.69) is 0 Å². The van der Waals surface area contributed by atoms with Crippen molar-refractivity contribution in [3.63, 3.8) is 0 Å². The van der Waals surface area contributed by atoms with Crippen molar-refractivity contribution in [3.05, 3.63) is 27.7 Å². The molecule has 0 radical (unpaired) electrons. The first-order valence-electron chi connectivity index (χ1n) is 4.28. The Morgan fingerprint density at radius 1 is 1.21 bits per heavy atom. The van der Waals surface area contributed by atoms with Crippen molar-refractivity contribution in [1.82, 2.24) is 0 Å². The summed E-state index contributed by atoms with van der Waals surface area (Å²) in [6, 6.07) is 3.12. The summed E-state index contributed by atoms with van der Waals surface area (Å²) in [4.78, 5) is 0. The van der Waals surface area contributed by atoms with Crippen molar-refractivity contribution >= 4 is 35.8 Å². The molecule has 1 aromatic rings. The SMILES string of the molecule is CC(C)c1c(Cl)cc(Cl)cc1B(O)O. The zero-order valence-corrected chi connectivity index (χ0v) is 9.47. The van der Waals surface area contributed by atoms with Crippen molar-refractivity contribution in [1.29, 1.82) is 0 Å². The molecule has 0 saturated carbocycles.